The number of pyridine rings is 1. The van der Waals surface area contributed by atoms with E-state index in [9.17, 15) is 13.2 Å². The lowest BCUT2D eigenvalue weighted by molar-refractivity contribution is -0.0537. The van der Waals surface area contributed by atoms with Gasteiger partial charge in [-0.15, -0.1) is 0 Å². The monoisotopic (exact) mass is 392 g/mol. The second-order valence-electron chi connectivity index (χ2n) is 8.15. The predicted molar refractivity (Wildman–Crippen MR) is 103 cm³/mol. The number of sulfonamides is 1. The van der Waals surface area contributed by atoms with E-state index in [1.54, 1.807) is 28.8 Å². The summed E-state index contributed by atoms with van der Waals surface area (Å²) in [6, 6.07) is 4.05. The highest BCUT2D eigenvalue weighted by molar-refractivity contribution is 7.88. The number of nitrogens with one attached hydrogen (secondary N) is 1. The van der Waals surface area contributed by atoms with Gasteiger partial charge in [-0.25, -0.2) is 12.7 Å². The van der Waals surface area contributed by atoms with Crippen molar-refractivity contribution in [2.24, 2.45) is 11.8 Å². The summed E-state index contributed by atoms with van der Waals surface area (Å²) in [5, 5.41) is 3.08. The quantitative estimate of drug-likeness (QED) is 0.825. The van der Waals surface area contributed by atoms with Crippen LogP contribution < -0.4 is 5.32 Å². The minimum absolute atomic E-state index is 0.0936. The lowest BCUT2D eigenvalue weighted by Gasteiger charge is -2.56. The number of amides is 1. The standard InChI is InChI=1S/C19H28N4O3S/c1-27(25,26)22-12-15-10-16(13-22)18(23-9-3-2-4-17(15)23)11-21-19(24)14-5-7-20-8-6-14/h5-8,15-18H,2-4,9-13H2,1H3,(H,21,24)/t15-,16+,17+,18+/m1/s1. The van der Waals surface area contributed by atoms with Crippen molar-refractivity contribution in [2.75, 3.05) is 32.4 Å². The second-order valence-corrected chi connectivity index (χ2v) is 10.1. The van der Waals surface area contributed by atoms with Gasteiger partial charge < -0.3 is 5.32 Å². The highest BCUT2D eigenvalue weighted by Gasteiger charge is 2.48. The zero-order valence-electron chi connectivity index (χ0n) is 15.8. The van der Waals surface area contributed by atoms with Crippen molar-refractivity contribution in [1.29, 1.82) is 0 Å². The molecule has 3 aliphatic heterocycles. The Kier molecular flexibility index (Phi) is 5.22. The number of carbonyl (C=O) groups is 1. The fourth-order valence-electron chi connectivity index (χ4n) is 5.22. The Morgan fingerprint density at radius 2 is 1.96 bits per heavy atom. The van der Waals surface area contributed by atoms with Gasteiger partial charge in [0.15, 0.2) is 0 Å². The number of hydrogen-bond acceptors (Lipinski definition) is 5. The van der Waals surface area contributed by atoms with Crippen LogP contribution in [0.2, 0.25) is 0 Å². The molecule has 27 heavy (non-hydrogen) atoms. The topological polar surface area (TPSA) is 82.6 Å². The van der Waals surface area contributed by atoms with Crippen molar-refractivity contribution in [3.05, 3.63) is 30.1 Å². The van der Waals surface area contributed by atoms with Crippen molar-refractivity contribution in [3.8, 4) is 0 Å². The maximum atomic E-state index is 12.5. The van der Waals surface area contributed by atoms with Crippen LogP contribution in [0.25, 0.3) is 0 Å². The molecule has 1 aromatic heterocycles. The number of nitrogens with zero attached hydrogens (tertiary/aromatic N) is 3. The molecule has 3 saturated heterocycles. The fraction of sp³-hybridized carbons (Fsp3) is 0.684. The van der Waals surface area contributed by atoms with Gasteiger partial charge in [0, 0.05) is 49.7 Å². The Hall–Kier alpha value is -1.51. The van der Waals surface area contributed by atoms with Gasteiger partial charge >= 0.3 is 0 Å². The number of aromatic nitrogens is 1. The van der Waals surface area contributed by atoms with Gasteiger partial charge in [0.05, 0.1) is 6.26 Å². The molecule has 7 nitrogen and oxygen atoms in total. The molecule has 0 spiro atoms. The number of carbonyl (C=O) groups excluding carboxylic acids is 1. The highest BCUT2D eigenvalue weighted by atomic mass is 32.2. The van der Waals surface area contributed by atoms with Gasteiger partial charge in [-0.1, -0.05) is 6.42 Å². The summed E-state index contributed by atoms with van der Waals surface area (Å²) in [4.78, 5) is 19.0. The zero-order chi connectivity index (χ0) is 19.0. The summed E-state index contributed by atoms with van der Waals surface area (Å²) in [6.07, 6.45) is 9.12. The van der Waals surface area contributed by atoms with Gasteiger partial charge in [-0.05, 0) is 49.8 Å². The molecule has 0 aliphatic carbocycles. The van der Waals surface area contributed by atoms with E-state index in [-0.39, 0.29) is 17.9 Å². The third-order valence-corrected chi connectivity index (χ3v) is 7.71. The molecule has 8 heteroatoms. The molecule has 1 aromatic rings. The molecule has 1 amide bonds. The lowest BCUT2D eigenvalue weighted by Crippen LogP contribution is -2.66. The Morgan fingerprint density at radius 1 is 1.22 bits per heavy atom. The van der Waals surface area contributed by atoms with Crippen LogP contribution in [0.5, 0.6) is 0 Å². The molecule has 3 fully saturated rings. The normalized spacial score (nSPS) is 31.9. The zero-order valence-corrected chi connectivity index (χ0v) is 16.6. The maximum Gasteiger partial charge on any atom is 0.251 e. The molecule has 2 bridgehead atoms. The summed E-state index contributed by atoms with van der Waals surface area (Å²) in [5.41, 5.74) is 0.607. The largest absolute Gasteiger partial charge is 0.350 e. The molecule has 0 unspecified atom stereocenters. The molecule has 4 heterocycles. The van der Waals surface area contributed by atoms with Crippen LogP contribution in [0, 0.1) is 11.8 Å². The SMILES string of the molecule is CS(=O)(=O)N1C[C@H]2C[C@@H](C1)[C@H](CNC(=O)c1ccncc1)N1CCCC[C@@H]21. The van der Waals surface area contributed by atoms with Crippen molar-refractivity contribution >= 4 is 15.9 Å². The van der Waals surface area contributed by atoms with E-state index in [1.165, 1.54) is 19.1 Å². The van der Waals surface area contributed by atoms with Gasteiger partial charge in [0.1, 0.15) is 0 Å². The third-order valence-electron chi connectivity index (χ3n) is 6.47. The number of piperidine rings is 3. The van der Waals surface area contributed by atoms with E-state index in [0.29, 0.717) is 37.2 Å². The highest BCUT2D eigenvalue weighted by Crippen LogP contribution is 2.41. The average molecular weight is 393 g/mol. The molecule has 4 atom stereocenters. The first-order chi connectivity index (χ1) is 12.9. The lowest BCUT2D eigenvalue weighted by atomic mass is 9.73. The smallest absolute Gasteiger partial charge is 0.251 e. The van der Waals surface area contributed by atoms with Gasteiger partial charge in [0.25, 0.3) is 5.91 Å². The van der Waals surface area contributed by atoms with E-state index in [2.05, 4.69) is 15.2 Å². The molecule has 0 radical (unpaired) electrons. The molecule has 148 valence electrons. The first-order valence-electron chi connectivity index (χ1n) is 9.82. The summed E-state index contributed by atoms with van der Waals surface area (Å²) < 4.78 is 26.0. The van der Waals surface area contributed by atoms with Crippen LogP contribution in [0.15, 0.2) is 24.5 Å². The van der Waals surface area contributed by atoms with Crippen LogP contribution in [0.3, 0.4) is 0 Å². The molecule has 4 rings (SSSR count). The van der Waals surface area contributed by atoms with E-state index in [4.69, 9.17) is 0 Å². The minimum Gasteiger partial charge on any atom is -0.350 e. The average Bonchev–Trinajstić information content (AvgIpc) is 2.67. The summed E-state index contributed by atoms with van der Waals surface area (Å²) >= 11 is 0. The first-order valence-corrected chi connectivity index (χ1v) is 11.7. The van der Waals surface area contributed by atoms with E-state index >= 15 is 0 Å². The van der Waals surface area contributed by atoms with Crippen molar-refractivity contribution in [1.82, 2.24) is 19.5 Å². The Morgan fingerprint density at radius 3 is 2.70 bits per heavy atom. The first kappa shape index (κ1) is 18.8. The Labute approximate surface area is 161 Å². The van der Waals surface area contributed by atoms with Crippen LogP contribution in [-0.2, 0) is 10.0 Å². The third kappa shape index (κ3) is 3.88. The van der Waals surface area contributed by atoms with Gasteiger partial charge in [-0.3, -0.25) is 14.7 Å². The van der Waals surface area contributed by atoms with Crippen molar-refractivity contribution < 1.29 is 13.2 Å². The van der Waals surface area contributed by atoms with Crippen LogP contribution >= 0.6 is 0 Å². The summed E-state index contributed by atoms with van der Waals surface area (Å²) in [5.74, 6) is 0.584. The summed E-state index contributed by atoms with van der Waals surface area (Å²) in [6.45, 7) is 2.82. The molecule has 0 aromatic carbocycles. The number of rotatable bonds is 4. The second kappa shape index (κ2) is 7.48. The fourth-order valence-corrected chi connectivity index (χ4v) is 6.14. The Balaban J connectivity index is 1.51. The minimum atomic E-state index is -3.18. The van der Waals surface area contributed by atoms with E-state index in [0.717, 1.165) is 19.4 Å². The molecular weight excluding hydrogens is 364 g/mol. The van der Waals surface area contributed by atoms with Gasteiger partial charge in [0.2, 0.25) is 10.0 Å². The van der Waals surface area contributed by atoms with E-state index < -0.39 is 10.0 Å². The molecule has 0 saturated carbocycles. The van der Waals surface area contributed by atoms with E-state index in [1.807, 2.05) is 0 Å². The molecular formula is C19H28N4O3S. The molecule has 3 aliphatic rings. The number of fused-ring (bicyclic) bond motifs is 4. The maximum absolute atomic E-state index is 12.5. The predicted octanol–water partition coefficient (Wildman–Crippen LogP) is 0.946. The Bertz CT molecular complexity index is 785. The van der Waals surface area contributed by atoms with Gasteiger partial charge in [-0.2, -0.15) is 0 Å². The van der Waals surface area contributed by atoms with Crippen LogP contribution in [-0.4, -0.2) is 73.0 Å². The van der Waals surface area contributed by atoms with Crippen LogP contribution in [0.4, 0.5) is 0 Å². The van der Waals surface area contributed by atoms with Crippen LogP contribution in [0.1, 0.15) is 36.0 Å². The molecule has 1 N–H and O–H groups in total. The summed E-state index contributed by atoms with van der Waals surface area (Å²) in [7, 11) is -3.18. The van der Waals surface area contributed by atoms with Crippen molar-refractivity contribution in [2.45, 2.75) is 37.8 Å². The van der Waals surface area contributed by atoms with Crippen molar-refractivity contribution in [3.63, 3.8) is 0 Å². The number of hydrogen-bond donors (Lipinski definition) is 1.